The lowest BCUT2D eigenvalue weighted by Gasteiger charge is -1.87. The van der Waals surface area contributed by atoms with Crippen molar-refractivity contribution in [2.45, 2.75) is 32.1 Å². The molecule has 69 valence electrons. The first kappa shape index (κ1) is 8.41. The van der Waals surface area contributed by atoms with Crippen LogP contribution in [-0.2, 0) is 0 Å². The molecule has 1 saturated carbocycles. The van der Waals surface area contributed by atoms with E-state index in [0.717, 1.165) is 12.8 Å². The summed E-state index contributed by atoms with van der Waals surface area (Å²) in [5.41, 5.74) is 0. The van der Waals surface area contributed by atoms with Gasteiger partial charge in [0.15, 0.2) is 0 Å². The number of carbonyl (C=O) groups is 1. The second-order valence-electron chi connectivity index (χ2n) is 3.21. The predicted octanol–water partition coefficient (Wildman–Crippen LogP) is 1.74. The van der Waals surface area contributed by atoms with Crippen LogP contribution in [-0.4, -0.2) is 15.9 Å². The monoisotopic (exact) mass is 179 g/mol. The van der Waals surface area contributed by atoms with Crippen molar-refractivity contribution >= 4 is 5.78 Å². The number of Topliss-reactive ketones (excluding diaryl/α,β-unsaturated/α-hetero) is 1. The van der Waals surface area contributed by atoms with Gasteiger partial charge in [-0.25, -0.2) is 0 Å². The summed E-state index contributed by atoms with van der Waals surface area (Å²) in [6, 6.07) is 0. The van der Waals surface area contributed by atoms with Crippen LogP contribution in [0.1, 0.15) is 48.6 Å². The quantitative estimate of drug-likeness (QED) is 0.660. The van der Waals surface area contributed by atoms with Crippen LogP contribution in [0.5, 0.6) is 0 Å². The molecule has 0 N–H and O–H groups in total. The van der Waals surface area contributed by atoms with Crippen LogP contribution in [0.25, 0.3) is 0 Å². The second kappa shape index (κ2) is 3.28. The first-order valence-electron chi connectivity index (χ1n) is 4.52. The lowest BCUT2D eigenvalue weighted by molar-refractivity contribution is 0.101. The Bertz CT molecular complexity index is 315. The third-order valence-electron chi connectivity index (χ3n) is 1.98. The van der Waals surface area contributed by atoms with Gasteiger partial charge in [0.25, 0.3) is 0 Å². The highest BCUT2D eigenvalue weighted by atomic mass is 16.5. The third-order valence-corrected chi connectivity index (χ3v) is 1.98. The van der Waals surface area contributed by atoms with Gasteiger partial charge in [0.05, 0.1) is 0 Å². The highest BCUT2D eigenvalue weighted by molar-refractivity contribution is 5.99. The highest BCUT2D eigenvalue weighted by Gasteiger charge is 2.30. The minimum Gasteiger partial charge on any atom is -0.339 e. The van der Waals surface area contributed by atoms with E-state index in [1.807, 2.05) is 6.92 Å². The van der Waals surface area contributed by atoms with E-state index in [4.69, 9.17) is 4.52 Å². The number of rotatable bonds is 4. The van der Waals surface area contributed by atoms with Gasteiger partial charge in [-0.05, 0) is 19.3 Å². The summed E-state index contributed by atoms with van der Waals surface area (Å²) >= 11 is 0. The Hall–Kier alpha value is -1.19. The zero-order valence-electron chi connectivity index (χ0n) is 7.49. The van der Waals surface area contributed by atoms with Gasteiger partial charge in [0, 0.05) is 12.3 Å². The second-order valence-corrected chi connectivity index (χ2v) is 3.21. The van der Waals surface area contributed by atoms with Gasteiger partial charge in [-0.3, -0.25) is 4.79 Å². The van der Waals surface area contributed by atoms with Crippen LogP contribution in [0.15, 0.2) is 4.52 Å². The van der Waals surface area contributed by atoms with Crippen molar-refractivity contribution in [3.63, 3.8) is 0 Å². The van der Waals surface area contributed by atoms with Crippen LogP contribution in [0, 0.1) is 6.42 Å². The van der Waals surface area contributed by atoms with Crippen molar-refractivity contribution in [3.05, 3.63) is 18.1 Å². The van der Waals surface area contributed by atoms with Crippen molar-refractivity contribution in [2.75, 3.05) is 0 Å². The van der Waals surface area contributed by atoms with Crippen LogP contribution in [0.4, 0.5) is 0 Å². The predicted molar refractivity (Wildman–Crippen MR) is 45.2 cm³/mol. The van der Waals surface area contributed by atoms with Crippen molar-refractivity contribution in [3.8, 4) is 0 Å². The average molecular weight is 179 g/mol. The number of nitrogens with zero attached hydrogens (tertiary/aromatic N) is 2. The van der Waals surface area contributed by atoms with Gasteiger partial charge in [0.2, 0.25) is 17.5 Å². The molecule has 0 spiro atoms. The summed E-state index contributed by atoms with van der Waals surface area (Å²) in [4.78, 5) is 15.3. The zero-order chi connectivity index (χ0) is 9.26. The van der Waals surface area contributed by atoms with E-state index in [0.29, 0.717) is 18.2 Å². The van der Waals surface area contributed by atoms with Gasteiger partial charge >= 0.3 is 0 Å². The van der Waals surface area contributed by atoms with Gasteiger partial charge in [0.1, 0.15) is 0 Å². The Kier molecular flexibility index (Phi) is 2.12. The average Bonchev–Trinajstić information content (AvgIpc) is 2.84. The normalized spacial score (nSPS) is 16.1. The molecule has 2 rings (SSSR count). The smallest absolute Gasteiger partial charge is 0.238 e. The summed E-state index contributed by atoms with van der Waals surface area (Å²) < 4.78 is 4.95. The summed E-state index contributed by atoms with van der Waals surface area (Å²) in [7, 11) is 0. The molecule has 1 aromatic heterocycles. The number of hydrogen-bond acceptors (Lipinski definition) is 4. The molecule has 0 bridgehead atoms. The molecule has 0 saturated heterocycles. The molecule has 4 nitrogen and oxygen atoms in total. The summed E-state index contributed by atoms with van der Waals surface area (Å²) in [6.07, 6.45) is 4.47. The molecule has 1 fully saturated rings. The number of aromatic nitrogens is 2. The molecule has 1 aliphatic rings. The van der Waals surface area contributed by atoms with Gasteiger partial charge in [-0.2, -0.15) is 4.98 Å². The first-order valence-corrected chi connectivity index (χ1v) is 4.52. The Labute approximate surface area is 76.3 Å². The van der Waals surface area contributed by atoms with Crippen LogP contribution in [0.2, 0.25) is 0 Å². The standard InChI is InChI=1S/C9H11N2O2/c1-2-3-7(12)8-10-9(13-11-8)6-4-5-6/h3,6H,2,4-5H2,1H3. The van der Waals surface area contributed by atoms with Crippen LogP contribution < -0.4 is 0 Å². The SMILES string of the molecule is CC[CH]C(=O)c1noc(C2CC2)n1. The molecular weight excluding hydrogens is 168 g/mol. The van der Waals surface area contributed by atoms with Crippen molar-refractivity contribution in [1.29, 1.82) is 0 Å². The fourth-order valence-corrected chi connectivity index (χ4v) is 1.11. The van der Waals surface area contributed by atoms with E-state index in [9.17, 15) is 4.79 Å². The molecule has 0 aromatic carbocycles. The molecule has 1 aromatic rings. The molecule has 0 aliphatic heterocycles. The van der Waals surface area contributed by atoms with Crippen molar-refractivity contribution in [1.82, 2.24) is 10.1 Å². The van der Waals surface area contributed by atoms with Crippen molar-refractivity contribution < 1.29 is 9.32 Å². The Morgan fingerprint density at radius 2 is 2.46 bits per heavy atom. The lowest BCUT2D eigenvalue weighted by Crippen LogP contribution is -2.01. The van der Waals surface area contributed by atoms with Gasteiger partial charge in [-0.1, -0.05) is 12.1 Å². The summed E-state index contributed by atoms with van der Waals surface area (Å²) in [5, 5.41) is 3.63. The third kappa shape index (κ3) is 1.76. The molecule has 4 heteroatoms. The maximum Gasteiger partial charge on any atom is 0.238 e. The summed E-state index contributed by atoms with van der Waals surface area (Å²) in [6.45, 7) is 1.90. The molecule has 1 radical (unpaired) electrons. The Balaban J connectivity index is 2.07. The van der Waals surface area contributed by atoms with E-state index < -0.39 is 0 Å². The molecule has 0 atom stereocenters. The minimum absolute atomic E-state index is 0.141. The topological polar surface area (TPSA) is 56.0 Å². The van der Waals surface area contributed by atoms with E-state index in [1.54, 1.807) is 6.42 Å². The Morgan fingerprint density at radius 3 is 3.08 bits per heavy atom. The number of carbonyl (C=O) groups excluding carboxylic acids is 1. The van der Waals surface area contributed by atoms with Gasteiger partial charge in [-0.15, -0.1) is 0 Å². The van der Waals surface area contributed by atoms with Crippen LogP contribution in [0.3, 0.4) is 0 Å². The van der Waals surface area contributed by atoms with E-state index >= 15 is 0 Å². The minimum atomic E-state index is -0.141. The maximum atomic E-state index is 11.3. The van der Waals surface area contributed by atoms with E-state index in [1.165, 1.54) is 0 Å². The molecule has 1 heterocycles. The lowest BCUT2D eigenvalue weighted by atomic mass is 10.2. The maximum absolute atomic E-state index is 11.3. The number of hydrogen-bond donors (Lipinski definition) is 0. The molecule has 0 amide bonds. The molecule has 0 unspecified atom stereocenters. The van der Waals surface area contributed by atoms with E-state index in [2.05, 4.69) is 10.1 Å². The molecule has 1 aliphatic carbocycles. The first-order chi connectivity index (χ1) is 6.31. The zero-order valence-corrected chi connectivity index (χ0v) is 7.49. The van der Waals surface area contributed by atoms with Crippen LogP contribution >= 0.6 is 0 Å². The number of ketones is 1. The van der Waals surface area contributed by atoms with Crippen molar-refractivity contribution in [2.24, 2.45) is 0 Å². The largest absolute Gasteiger partial charge is 0.339 e. The Morgan fingerprint density at radius 1 is 1.69 bits per heavy atom. The molecule has 13 heavy (non-hydrogen) atoms. The molecular formula is C9H11N2O2. The summed E-state index contributed by atoms with van der Waals surface area (Å²) in [5.74, 6) is 1.09. The fraction of sp³-hybridized carbons (Fsp3) is 0.556. The van der Waals surface area contributed by atoms with Gasteiger partial charge < -0.3 is 4.52 Å². The highest BCUT2D eigenvalue weighted by Crippen LogP contribution is 2.38. The van der Waals surface area contributed by atoms with E-state index in [-0.39, 0.29) is 11.6 Å². The fourth-order valence-electron chi connectivity index (χ4n) is 1.11.